The molecule has 0 fully saturated rings. The molecule has 5 aromatic rings. The van der Waals surface area contributed by atoms with Crippen LogP contribution in [0.1, 0.15) is 23.1 Å². The summed E-state index contributed by atoms with van der Waals surface area (Å²) < 4.78 is 12.7. The number of hydrogen-bond donors (Lipinski definition) is 2. The van der Waals surface area contributed by atoms with Crippen molar-refractivity contribution >= 4 is 17.0 Å². The highest BCUT2D eigenvalue weighted by Gasteiger charge is 2.38. The van der Waals surface area contributed by atoms with E-state index < -0.39 is 11.5 Å². The molecule has 0 radical (unpaired) electrons. The number of imidazole rings is 1. The van der Waals surface area contributed by atoms with Gasteiger partial charge in [0.2, 0.25) is 0 Å². The molecule has 8 heteroatoms. The van der Waals surface area contributed by atoms with Gasteiger partial charge in [-0.15, -0.1) is 0 Å². The summed E-state index contributed by atoms with van der Waals surface area (Å²) in [4.78, 5) is 12.7. The third kappa shape index (κ3) is 4.59. The third-order valence-electron chi connectivity index (χ3n) is 6.81. The summed E-state index contributed by atoms with van der Waals surface area (Å²) in [7, 11) is 3.30. The van der Waals surface area contributed by atoms with Crippen molar-refractivity contribution < 1.29 is 14.6 Å². The summed E-state index contributed by atoms with van der Waals surface area (Å²) in [5.74, 6) is 1.85. The maximum absolute atomic E-state index is 11.6. The van der Waals surface area contributed by atoms with Crippen LogP contribution in [0.25, 0.3) is 11.2 Å². The Kier molecular flexibility index (Phi) is 6.74. The number of rotatable bonds is 9. The second-order valence-electron chi connectivity index (χ2n) is 8.91. The zero-order chi connectivity index (χ0) is 25.8. The van der Waals surface area contributed by atoms with Crippen LogP contribution in [0.2, 0.25) is 0 Å². The quantitative estimate of drug-likeness (QED) is 0.295. The molecule has 3 aromatic carbocycles. The van der Waals surface area contributed by atoms with Gasteiger partial charge in [0, 0.05) is 5.41 Å². The van der Waals surface area contributed by atoms with E-state index in [0.29, 0.717) is 23.4 Å². The lowest BCUT2D eigenvalue weighted by atomic mass is 9.66. The van der Waals surface area contributed by atoms with Crippen LogP contribution in [0.4, 0.5) is 5.82 Å². The molecule has 1 atom stereocenters. The molecule has 0 saturated carbocycles. The van der Waals surface area contributed by atoms with E-state index in [4.69, 9.17) is 15.2 Å². The number of fused-ring (bicyclic) bond motifs is 1. The second-order valence-corrected chi connectivity index (χ2v) is 8.91. The molecule has 0 bridgehead atoms. The number of aliphatic hydroxyl groups is 1. The number of anilines is 1. The van der Waals surface area contributed by atoms with Gasteiger partial charge in [0.1, 0.15) is 23.3 Å². The molecule has 0 aliphatic heterocycles. The average molecular weight is 496 g/mol. The Labute approximate surface area is 215 Å². The van der Waals surface area contributed by atoms with Crippen LogP contribution in [-0.2, 0) is 12.0 Å². The molecule has 0 spiro atoms. The van der Waals surface area contributed by atoms with E-state index in [0.717, 1.165) is 28.2 Å². The molecule has 2 heterocycles. The van der Waals surface area contributed by atoms with Crippen LogP contribution in [0.3, 0.4) is 0 Å². The van der Waals surface area contributed by atoms with Gasteiger partial charge in [0.05, 0.1) is 33.2 Å². The predicted molar refractivity (Wildman–Crippen MR) is 143 cm³/mol. The summed E-state index contributed by atoms with van der Waals surface area (Å²) in [5.41, 5.74) is 9.54. The van der Waals surface area contributed by atoms with Gasteiger partial charge < -0.3 is 24.9 Å². The Morgan fingerprint density at radius 1 is 0.811 bits per heavy atom. The Morgan fingerprint density at radius 2 is 1.38 bits per heavy atom. The Hall–Kier alpha value is -4.43. The van der Waals surface area contributed by atoms with Crippen molar-refractivity contribution in [2.45, 2.75) is 24.5 Å². The number of nitrogens with zero attached hydrogens (tertiary/aromatic N) is 4. The van der Waals surface area contributed by atoms with Gasteiger partial charge in [-0.05, 0) is 47.4 Å². The summed E-state index contributed by atoms with van der Waals surface area (Å²) in [6.45, 7) is 0.286. The lowest BCUT2D eigenvalue weighted by Crippen LogP contribution is -2.35. The Balaban J connectivity index is 1.63. The van der Waals surface area contributed by atoms with Gasteiger partial charge >= 0.3 is 0 Å². The van der Waals surface area contributed by atoms with Gasteiger partial charge in [0.15, 0.2) is 11.5 Å². The standard InChI is InChI=1S/C29H29N5O3/c1-36-24-12-8-21(9-13-24)29(20-6-4-3-5-7-20,22-10-14-25(37-2)15-11-22)16-23(35)17-34-19-33-26-27(30)31-18-32-28(26)34/h3-15,18-19,23,35H,16-17H2,1-2H3,(H2,30,31,32)/t23-/m0/s1. The van der Waals surface area contributed by atoms with Crippen molar-refractivity contribution in [3.05, 3.63) is 108 Å². The molecule has 188 valence electrons. The number of nitrogens with two attached hydrogens (primary N) is 1. The Morgan fingerprint density at radius 3 is 1.95 bits per heavy atom. The zero-order valence-corrected chi connectivity index (χ0v) is 20.8. The lowest BCUT2D eigenvalue weighted by Gasteiger charge is -2.38. The highest BCUT2D eigenvalue weighted by Crippen LogP contribution is 2.44. The molecule has 0 unspecified atom stereocenters. The molecule has 0 aliphatic rings. The van der Waals surface area contributed by atoms with Crippen LogP contribution in [0, 0.1) is 0 Å². The SMILES string of the molecule is COc1ccc(C(C[C@H](O)Cn2cnc3c(N)ncnc32)(c2ccccc2)c2ccc(OC)cc2)cc1. The van der Waals surface area contributed by atoms with Gasteiger partial charge in [-0.2, -0.15) is 0 Å². The zero-order valence-electron chi connectivity index (χ0n) is 20.8. The predicted octanol–water partition coefficient (Wildman–Crippen LogP) is 4.21. The minimum atomic E-state index is -0.752. The van der Waals surface area contributed by atoms with Crippen LogP contribution in [0.15, 0.2) is 91.5 Å². The highest BCUT2D eigenvalue weighted by atomic mass is 16.5. The molecule has 2 aromatic heterocycles. The van der Waals surface area contributed by atoms with Crippen molar-refractivity contribution in [2.24, 2.45) is 0 Å². The van der Waals surface area contributed by atoms with Gasteiger partial charge in [-0.1, -0.05) is 54.6 Å². The van der Waals surface area contributed by atoms with E-state index >= 15 is 0 Å². The van der Waals surface area contributed by atoms with Crippen molar-refractivity contribution in [3.8, 4) is 11.5 Å². The van der Waals surface area contributed by atoms with Crippen molar-refractivity contribution in [3.63, 3.8) is 0 Å². The van der Waals surface area contributed by atoms with E-state index in [2.05, 4.69) is 51.4 Å². The second kappa shape index (κ2) is 10.3. The smallest absolute Gasteiger partial charge is 0.165 e. The summed E-state index contributed by atoms with van der Waals surface area (Å²) in [6.07, 6.45) is 2.70. The van der Waals surface area contributed by atoms with E-state index in [-0.39, 0.29) is 6.54 Å². The van der Waals surface area contributed by atoms with Gasteiger partial charge in [-0.3, -0.25) is 0 Å². The minimum Gasteiger partial charge on any atom is -0.497 e. The van der Waals surface area contributed by atoms with E-state index in [1.807, 2.05) is 47.0 Å². The molecular formula is C29H29N5O3. The molecule has 0 saturated heterocycles. The fraction of sp³-hybridized carbons (Fsp3) is 0.207. The Bertz CT molecular complexity index is 1420. The fourth-order valence-electron chi connectivity index (χ4n) is 5.00. The molecule has 8 nitrogen and oxygen atoms in total. The van der Waals surface area contributed by atoms with Crippen molar-refractivity contribution in [1.29, 1.82) is 0 Å². The summed E-state index contributed by atoms with van der Waals surface area (Å²) >= 11 is 0. The normalized spacial score (nSPS) is 12.4. The number of hydrogen-bond acceptors (Lipinski definition) is 7. The summed E-state index contributed by atoms with van der Waals surface area (Å²) in [5, 5.41) is 11.6. The maximum Gasteiger partial charge on any atom is 0.165 e. The molecule has 37 heavy (non-hydrogen) atoms. The number of nitrogen functional groups attached to an aromatic ring is 1. The van der Waals surface area contributed by atoms with Crippen LogP contribution >= 0.6 is 0 Å². The monoisotopic (exact) mass is 495 g/mol. The van der Waals surface area contributed by atoms with Gasteiger partial charge in [0.25, 0.3) is 0 Å². The highest BCUT2D eigenvalue weighted by molar-refractivity contribution is 5.81. The largest absolute Gasteiger partial charge is 0.497 e. The maximum atomic E-state index is 11.6. The third-order valence-corrected chi connectivity index (χ3v) is 6.81. The number of ether oxygens (including phenoxy) is 2. The molecule has 0 aliphatic carbocycles. The first kappa shape index (κ1) is 24.3. The fourth-order valence-corrected chi connectivity index (χ4v) is 5.00. The van der Waals surface area contributed by atoms with E-state index in [1.54, 1.807) is 20.5 Å². The number of aliphatic hydroxyl groups excluding tert-OH is 1. The van der Waals surface area contributed by atoms with E-state index in [9.17, 15) is 5.11 Å². The minimum absolute atomic E-state index is 0.286. The van der Waals surface area contributed by atoms with Crippen molar-refractivity contribution in [2.75, 3.05) is 20.0 Å². The number of benzene rings is 3. The first-order chi connectivity index (χ1) is 18.0. The lowest BCUT2D eigenvalue weighted by molar-refractivity contribution is 0.129. The molecule has 5 rings (SSSR count). The average Bonchev–Trinajstić information content (AvgIpc) is 3.36. The van der Waals surface area contributed by atoms with E-state index in [1.165, 1.54) is 6.33 Å². The molecule has 0 amide bonds. The number of aromatic nitrogens is 4. The summed E-state index contributed by atoms with van der Waals surface area (Å²) in [6, 6.07) is 26.3. The molecular weight excluding hydrogens is 466 g/mol. The molecule has 3 N–H and O–H groups in total. The number of methoxy groups -OCH3 is 2. The first-order valence-electron chi connectivity index (χ1n) is 12.0. The van der Waals surface area contributed by atoms with Crippen LogP contribution < -0.4 is 15.2 Å². The van der Waals surface area contributed by atoms with Crippen LogP contribution in [-0.4, -0.2) is 44.9 Å². The topological polar surface area (TPSA) is 108 Å². The van der Waals surface area contributed by atoms with Crippen LogP contribution in [0.5, 0.6) is 11.5 Å². The first-order valence-corrected chi connectivity index (χ1v) is 12.0. The van der Waals surface area contributed by atoms with Crippen molar-refractivity contribution in [1.82, 2.24) is 19.5 Å². The van der Waals surface area contributed by atoms with Gasteiger partial charge in [-0.25, -0.2) is 15.0 Å².